The molecule has 2 heterocycles. The van der Waals surface area contributed by atoms with Gasteiger partial charge in [-0.3, -0.25) is 4.68 Å². The van der Waals surface area contributed by atoms with Gasteiger partial charge in [0, 0.05) is 18.3 Å². The molecule has 0 aliphatic heterocycles. The number of nitrogens with zero attached hydrogens (tertiary/aromatic N) is 4. The highest BCUT2D eigenvalue weighted by atomic mass is 16.5. The van der Waals surface area contributed by atoms with Crippen molar-refractivity contribution in [3.05, 3.63) is 29.5 Å². The zero-order valence-electron chi connectivity index (χ0n) is 10.5. The molecule has 96 valence electrons. The molecule has 0 spiro atoms. The summed E-state index contributed by atoms with van der Waals surface area (Å²) in [6.45, 7) is 2.49. The van der Waals surface area contributed by atoms with E-state index in [-0.39, 0.29) is 5.69 Å². The first-order valence-corrected chi connectivity index (χ1v) is 5.41. The van der Waals surface area contributed by atoms with Crippen LogP contribution in [-0.2, 0) is 18.3 Å². The van der Waals surface area contributed by atoms with Crippen LogP contribution in [0.15, 0.2) is 12.5 Å². The Labute approximate surface area is 104 Å². The number of carbonyl (C=O) groups excluding carboxylic acids is 1. The zero-order valence-corrected chi connectivity index (χ0v) is 10.5. The minimum absolute atomic E-state index is 0.138. The normalized spacial score (nSPS) is 10.6. The van der Waals surface area contributed by atoms with Crippen molar-refractivity contribution in [2.75, 3.05) is 12.8 Å². The van der Waals surface area contributed by atoms with Crippen LogP contribution in [0.25, 0.3) is 0 Å². The Kier molecular flexibility index (Phi) is 3.05. The average Bonchev–Trinajstić information content (AvgIpc) is 2.87. The number of nitrogens with two attached hydrogens (primary N) is 1. The van der Waals surface area contributed by atoms with Gasteiger partial charge >= 0.3 is 5.97 Å². The zero-order chi connectivity index (χ0) is 13.3. The Balaban J connectivity index is 2.28. The number of anilines is 1. The summed E-state index contributed by atoms with van der Waals surface area (Å²) in [5.74, 6) is -0.237. The molecule has 0 aliphatic carbocycles. The molecule has 0 bridgehead atoms. The van der Waals surface area contributed by atoms with Crippen LogP contribution in [0.2, 0.25) is 0 Å². The van der Waals surface area contributed by atoms with Crippen molar-refractivity contribution >= 4 is 11.8 Å². The topological polar surface area (TPSA) is 88.0 Å². The van der Waals surface area contributed by atoms with Crippen LogP contribution >= 0.6 is 0 Å². The van der Waals surface area contributed by atoms with E-state index in [2.05, 4.69) is 14.8 Å². The Hall–Kier alpha value is -2.31. The number of aromatic nitrogens is 4. The third-order valence-electron chi connectivity index (χ3n) is 2.93. The number of rotatable bonds is 3. The van der Waals surface area contributed by atoms with Crippen molar-refractivity contribution in [1.82, 2.24) is 19.3 Å². The Bertz CT molecular complexity index is 584. The van der Waals surface area contributed by atoms with E-state index in [0.717, 1.165) is 11.3 Å². The van der Waals surface area contributed by atoms with Gasteiger partial charge in [-0.05, 0) is 6.92 Å². The molecule has 2 aromatic heterocycles. The van der Waals surface area contributed by atoms with Gasteiger partial charge in [0.2, 0.25) is 0 Å². The monoisotopic (exact) mass is 249 g/mol. The Morgan fingerprint density at radius 2 is 2.28 bits per heavy atom. The Morgan fingerprint density at radius 1 is 1.56 bits per heavy atom. The number of carbonyl (C=O) groups is 1. The average molecular weight is 249 g/mol. The van der Waals surface area contributed by atoms with E-state index >= 15 is 0 Å². The summed E-state index contributed by atoms with van der Waals surface area (Å²) in [5, 5.41) is 4.15. The van der Waals surface area contributed by atoms with E-state index < -0.39 is 5.97 Å². The SMILES string of the molecule is COC(=O)c1ncn(Cc2cnn(C)c2C)c1N. The van der Waals surface area contributed by atoms with Crippen LogP contribution in [0.5, 0.6) is 0 Å². The highest BCUT2D eigenvalue weighted by Crippen LogP contribution is 2.15. The van der Waals surface area contributed by atoms with Crippen LogP contribution in [-0.4, -0.2) is 32.4 Å². The predicted octanol–water partition coefficient (Wildman–Crippen LogP) is 0.342. The van der Waals surface area contributed by atoms with Gasteiger partial charge in [0.05, 0.1) is 26.2 Å². The highest BCUT2D eigenvalue weighted by molar-refractivity contribution is 5.92. The number of esters is 1. The van der Waals surface area contributed by atoms with E-state index in [1.807, 2.05) is 14.0 Å². The first kappa shape index (κ1) is 12.2. The molecule has 0 radical (unpaired) electrons. The van der Waals surface area contributed by atoms with Crippen molar-refractivity contribution in [2.24, 2.45) is 7.05 Å². The number of hydrogen-bond acceptors (Lipinski definition) is 5. The fourth-order valence-corrected chi connectivity index (χ4v) is 1.65. The standard InChI is InChI=1S/C11H15N5O2/c1-7-8(4-14-15(7)2)5-16-6-13-9(10(16)12)11(17)18-3/h4,6H,5,12H2,1-3H3. The summed E-state index contributed by atoms with van der Waals surface area (Å²) >= 11 is 0. The number of ether oxygens (including phenoxy) is 1. The molecule has 0 fully saturated rings. The van der Waals surface area contributed by atoms with E-state index in [9.17, 15) is 4.79 Å². The smallest absolute Gasteiger partial charge is 0.360 e. The lowest BCUT2D eigenvalue weighted by Gasteiger charge is -2.05. The summed E-state index contributed by atoms with van der Waals surface area (Å²) in [6.07, 6.45) is 3.29. The maximum Gasteiger partial charge on any atom is 0.360 e. The van der Waals surface area contributed by atoms with Crippen molar-refractivity contribution in [1.29, 1.82) is 0 Å². The van der Waals surface area contributed by atoms with Crippen LogP contribution in [0.1, 0.15) is 21.7 Å². The number of aryl methyl sites for hydroxylation is 1. The molecule has 7 nitrogen and oxygen atoms in total. The van der Waals surface area contributed by atoms with Crippen molar-refractivity contribution in [3.63, 3.8) is 0 Å². The molecule has 2 aromatic rings. The summed E-state index contributed by atoms with van der Waals surface area (Å²) in [5.41, 5.74) is 8.07. The molecule has 0 saturated heterocycles. The van der Waals surface area contributed by atoms with Crippen molar-refractivity contribution < 1.29 is 9.53 Å². The fourth-order valence-electron chi connectivity index (χ4n) is 1.65. The molecular formula is C11H15N5O2. The molecule has 0 unspecified atom stereocenters. The van der Waals surface area contributed by atoms with E-state index in [0.29, 0.717) is 12.4 Å². The van der Waals surface area contributed by atoms with Crippen LogP contribution < -0.4 is 5.73 Å². The van der Waals surface area contributed by atoms with Gasteiger partial charge in [-0.25, -0.2) is 9.78 Å². The molecule has 0 aliphatic rings. The number of imidazole rings is 1. The molecule has 0 atom stereocenters. The molecule has 0 aromatic carbocycles. The van der Waals surface area contributed by atoms with E-state index in [4.69, 9.17) is 5.73 Å². The van der Waals surface area contributed by atoms with Gasteiger partial charge < -0.3 is 15.0 Å². The molecular weight excluding hydrogens is 234 g/mol. The number of hydrogen-bond donors (Lipinski definition) is 1. The van der Waals surface area contributed by atoms with E-state index in [1.54, 1.807) is 15.4 Å². The van der Waals surface area contributed by atoms with Crippen LogP contribution in [0.4, 0.5) is 5.82 Å². The van der Waals surface area contributed by atoms with Crippen molar-refractivity contribution in [2.45, 2.75) is 13.5 Å². The lowest BCUT2D eigenvalue weighted by atomic mass is 10.2. The third kappa shape index (κ3) is 1.94. The second kappa shape index (κ2) is 4.52. The molecule has 0 amide bonds. The number of methoxy groups -OCH3 is 1. The lowest BCUT2D eigenvalue weighted by molar-refractivity contribution is 0.0596. The molecule has 0 saturated carbocycles. The predicted molar refractivity (Wildman–Crippen MR) is 65.0 cm³/mol. The summed E-state index contributed by atoms with van der Waals surface area (Å²) < 4.78 is 8.07. The third-order valence-corrected chi connectivity index (χ3v) is 2.93. The maximum atomic E-state index is 11.4. The van der Waals surface area contributed by atoms with Crippen LogP contribution in [0.3, 0.4) is 0 Å². The van der Waals surface area contributed by atoms with Gasteiger partial charge in [0.25, 0.3) is 0 Å². The first-order valence-electron chi connectivity index (χ1n) is 5.41. The lowest BCUT2D eigenvalue weighted by Crippen LogP contribution is -2.09. The van der Waals surface area contributed by atoms with Gasteiger partial charge in [0.15, 0.2) is 5.69 Å². The Morgan fingerprint density at radius 3 is 2.83 bits per heavy atom. The highest BCUT2D eigenvalue weighted by Gasteiger charge is 2.16. The van der Waals surface area contributed by atoms with E-state index in [1.165, 1.54) is 13.4 Å². The quantitative estimate of drug-likeness (QED) is 0.792. The van der Waals surface area contributed by atoms with Gasteiger partial charge in [-0.1, -0.05) is 0 Å². The molecule has 2 N–H and O–H groups in total. The molecule has 7 heteroatoms. The second-order valence-corrected chi connectivity index (χ2v) is 3.98. The summed E-state index contributed by atoms with van der Waals surface area (Å²) in [7, 11) is 3.17. The summed E-state index contributed by atoms with van der Waals surface area (Å²) in [4.78, 5) is 15.3. The fraction of sp³-hybridized carbons (Fsp3) is 0.364. The van der Waals surface area contributed by atoms with Crippen molar-refractivity contribution in [3.8, 4) is 0 Å². The largest absolute Gasteiger partial charge is 0.464 e. The maximum absolute atomic E-state index is 11.4. The van der Waals surface area contributed by atoms with Gasteiger partial charge in [-0.15, -0.1) is 0 Å². The summed E-state index contributed by atoms with van der Waals surface area (Å²) in [6, 6.07) is 0. The first-order chi connectivity index (χ1) is 8.54. The number of nitrogen functional groups attached to an aromatic ring is 1. The molecule has 18 heavy (non-hydrogen) atoms. The van der Waals surface area contributed by atoms with Crippen LogP contribution in [0, 0.1) is 6.92 Å². The molecule has 2 rings (SSSR count). The minimum atomic E-state index is -0.533. The second-order valence-electron chi connectivity index (χ2n) is 3.98. The minimum Gasteiger partial charge on any atom is -0.464 e. The van der Waals surface area contributed by atoms with Gasteiger partial charge in [-0.2, -0.15) is 5.10 Å². The van der Waals surface area contributed by atoms with Gasteiger partial charge in [0.1, 0.15) is 5.82 Å².